The summed E-state index contributed by atoms with van der Waals surface area (Å²) in [5, 5.41) is 0. The molecule has 0 amide bonds. The third-order valence-corrected chi connectivity index (χ3v) is 3.02. The third-order valence-electron chi connectivity index (χ3n) is 3.02. The molecule has 1 aromatic rings. The molecule has 1 aliphatic heterocycles. The van der Waals surface area contributed by atoms with Crippen LogP contribution in [0, 0.1) is 0 Å². The minimum Gasteiger partial charge on any atom is -0.487 e. The average Bonchev–Trinajstić information content (AvgIpc) is 2.24. The average molecular weight is 238 g/mol. The minimum atomic E-state index is -0.540. The first-order valence-electron chi connectivity index (χ1n) is 5.82. The molecule has 0 fully saturated rings. The Labute approximate surface area is 99.6 Å². The Morgan fingerprint density at radius 2 is 1.88 bits per heavy atom. The highest BCUT2D eigenvalue weighted by Crippen LogP contribution is 2.19. The molecule has 5 nitrogen and oxygen atoms in total. The SMILES string of the molecule is Cn1c2c(c(=O)n(C(C)(C)C)c1=O)OCCC2. The Balaban J connectivity index is 2.85. The molecule has 5 heteroatoms. The molecule has 0 radical (unpaired) electrons. The summed E-state index contributed by atoms with van der Waals surface area (Å²) in [6, 6.07) is 0. The highest BCUT2D eigenvalue weighted by atomic mass is 16.5. The summed E-state index contributed by atoms with van der Waals surface area (Å²) in [6.45, 7) is 6.06. The van der Waals surface area contributed by atoms with E-state index in [-0.39, 0.29) is 11.2 Å². The van der Waals surface area contributed by atoms with Crippen LogP contribution in [0.5, 0.6) is 5.75 Å². The number of aromatic nitrogens is 2. The monoisotopic (exact) mass is 238 g/mol. The fourth-order valence-corrected chi connectivity index (χ4v) is 2.16. The van der Waals surface area contributed by atoms with Gasteiger partial charge in [-0.2, -0.15) is 0 Å². The third kappa shape index (κ3) is 1.79. The summed E-state index contributed by atoms with van der Waals surface area (Å²) in [5.74, 6) is 0.341. The van der Waals surface area contributed by atoms with Crippen LogP contribution >= 0.6 is 0 Å². The van der Waals surface area contributed by atoms with Crippen LogP contribution in [0.3, 0.4) is 0 Å². The Hall–Kier alpha value is -1.52. The topological polar surface area (TPSA) is 53.2 Å². The molecule has 0 aromatic carbocycles. The molecule has 1 aliphatic rings. The molecule has 0 N–H and O–H groups in total. The number of hydrogen-bond acceptors (Lipinski definition) is 3. The highest BCUT2D eigenvalue weighted by Gasteiger charge is 2.26. The van der Waals surface area contributed by atoms with Gasteiger partial charge in [0.25, 0.3) is 5.56 Å². The minimum absolute atomic E-state index is 0.272. The molecule has 0 unspecified atom stereocenters. The normalized spacial score (nSPS) is 15.3. The second-order valence-corrected chi connectivity index (χ2v) is 5.38. The van der Waals surface area contributed by atoms with Gasteiger partial charge in [-0.05, 0) is 33.6 Å². The molecular formula is C12H18N2O3. The fourth-order valence-electron chi connectivity index (χ4n) is 2.16. The molecule has 0 spiro atoms. The van der Waals surface area contributed by atoms with Gasteiger partial charge in [0.2, 0.25) is 5.75 Å². The molecule has 0 atom stereocenters. The lowest BCUT2D eigenvalue weighted by Crippen LogP contribution is -2.49. The van der Waals surface area contributed by atoms with Crippen LogP contribution in [0.4, 0.5) is 0 Å². The number of ether oxygens (including phenoxy) is 1. The molecule has 94 valence electrons. The van der Waals surface area contributed by atoms with Gasteiger partial charge in [0, 0.05) is 12.6 Å². The van der Waals surface area contributed by atoms with Crippen molar-refractivity contribution in [1.29, 1.82) is 0 Å². The van der Waals surface area contributed by atoms with E-state index in [0.717, 1.165) is 12.8 Å². The van der Waals surface area contributed by atoms with Crippen molar-refractivity contribution in [1.82, 2.24) is 9.13 Å². The molecule has 0 aliphatic carbocycles. The smallest absolute Gasteiger partial charge is 0.331 e. The van der Waals surface area contributed by atoms with Crippen LogP contribution in [-0.4, -0.2) is 15.7 Å². The quantitative estimate of drug-likeness (QED) is 0.666. The van der Waals surface area contributed by atoms with Gasteiger partial charge < -0.3 is 4.74 Å². The van der Waals surface area contributed by atoms with Crippen LogP contribution in [0.25, 0.3) is 0 Å². The van der Waals surface area contributed by atoms with Gasteiger partial charge in [-0.1, -0.05) is 0 Å². The lowest BCUT2D eigenvalue weighted by atomic mass is 10.1. The van der Waals surface area contributed by atoms with Crippen LogP contribution in [0.15, 0.2) is 9.59 Å². The molecule has 2 heterocycles. The highest BCUT2D eigenvalue weighted by molar-refractivity contribution is 5.27. The Morgan fingerprint density at radius 1 is 1.24 bits per heavy atom. The molecule has 1 aromatic heterocycles. The van der Waals surface area contributed by atoms with E-state index in [1.807, 2.05) is 20.8 Å². The van der Waals surface area contributed by atoms with Crippen molar-refractivity contribution in [2.45, 2.75) is 39.2 Å². The second-order valence-electron chi connectivity index (χ2n) is 5.38. The lowest BCUT2D eigenvalue weighted by Gasteiger charge is -2.26. The van der Waals surface area contributed by atoms with Crippen molar-refractivity contribution in [2.24, 2.45) is 7.05 Å². The number of nitrogens with zero attached hydrogens (tertiary/aromatic N) is 2. The second kappa shape index (κ2) is 3.75. The van der Waals surface area contributed by atoms with Crippen LogP contribution in [-0.2, 0) is 19.0 Å². The van der Waals surface area contributed by atoms with Gasteiger partial charge in [0.1, 0.15) is 0 Å². The Morgan fingerprint density at radius 3 is 2.47 bits per heavy atom. The van der Waals surface area contributed by atoms with Gasteiger partial charge >= 0.3 is 5.69 Å². The van der Waals surface area contributed by atoms with Crippen LogP contribution in [0.2, 0.25) is 0 Å². The van der Waals surface area contributed by atoms with E-state index < -0.39 is 5.54 Å². The largest absolute Gasteiger partial charge is 0.487 e. The molecular weight excluding hydrogens is 220 g/mol. The standard InChI is InChI=1S/C12H18N2O3/c1-12(2,3)14-10(15)9-8(6-5-7-17-9)13(4)11(14)16/h5-7H2,1-4H3. The number of fused-ring (bicyclic) bond motifs is 1. The molecule has 17 heavy (non-hydrogen) atoms. The van der Waals surface area contributed by atoms with Gasteiger partial charge in [-0.15, -0.1) is 0 Å². The van der Waals surface area contributed by atoms with Gasteiger partial charge in [0.05, 0.1) is 12.3 Å². The van der Waals surface area contributed by atoms with Crippen molar-refractivity contribution in [3.05, 3.63) is 26.5 Å². The fraction of sp³-hybridized carbons (Fsp3) is 0.667. The Bertz CT molecular complexity index is 561. The van der Waals surface area contributed by atoms with Gasteiger partial charge in [-0.25, -0.2) is 4.79 Å². The van der Waals surface area contributed by atoms with Crippen molar-refractivity contribution in [3.8, 4) is 5.75 Å². The van der Waals surface area contributed by atoms with Crippen molar-refractivity contribution < 1.29 is 4.74 Å². The van der Waals surface area contributed by atoms with Crippen molar-refractivity contribution in [3.63, 3.8) is 0 Å². The zero-order valence-electron chi connectivity index (χ0n) is 10.7. The summed E-state index contributed by atoms with van der Waals surface area (Å²) in [6.07, 6.45) is 1.57. The summed E-state index contributed by atoms with van der Waals surface area (Å²) in [4.78, 5) is 24.4. The van der Waals surface area contributed by atoms with Gasteiger partial charge in [0.15, 0.2) is 0 Å². The number of rotatable bonds is 0. The molecule has 2 rings (SSSR count). The summed E-state index contributed by atoms with van der Waals surface area (Å²) >= 11 is 0. The maximum atomic E-state index is 12.3. The first-order valence-corrected chi connectivity index (χ1v) is 5.82. The predicted octanol–water partition coefficient (Wildman–Crippen LogP) is 0.627. The molecule has 0 saturated heterocycles. The van der Waals surface area contributed by atoms with E-state index in [0.29, 0.717) is 18.1 Å². The van der Waals surface area contributed by atoms with Crippen molar-refractivity contribution in [2.75, 3.05) is 6.61 Å². The summed E-state index contributed by atoms with van der Waals surface area (Å²) in [7, 11) is 1.69. The summed E-state index contributed by atoms with van der Waals surface area (Å²) < 4.78 is 8.22. The van der Waals surface area contributed by atoms with E-state index in [4.69, 9.17) is 4.74 Å². The van der Waals surface area contributed by atoms with Crippen molar-refractivity contribution >= 4 is 0 Å². The van der Waals surface area contributed by atoms with E-state index >= 15 is 0 Å². The van der Waals surface area contributed by atoms with Crippen LogP contribution in [0.1, 0.15) is 32.9 Å². The zero-order chi connectivity index (χ0) is 12.8. The molecule has 0 saturated carbocycles. The van der Waals surface area contributed by atoms with E-state index in [2.05, 4.69) is 0 Å². The molecule has 0 bridgehead atoms. The maximum Gasteiger partial charge on any atom is 0.331 e. The first-order chi connectivity index (χ1) is 7.84. The van der Waals surface area contributed by atoms with Gasteiger partial charge in [-0.3, -0.25) is 13.9 Å². The maximum absolute atomic E-state index is 12.3. The first kappa shape index (κ1) is 12.0. The van der Waals surface area contributed by atoms with E-state index in [1.54, 1.807) is 7.05 Å². The Kier molecular flexibility index (Phi) is 2.64. The summed E-state index contributed by atoms with van der Waals surface area (Å²) in [5.41, 5.74) is -0.407. The lowest BCUT2D eigenvalue weighted by molar-refractivity contribution is 0.257. The number of hydrogen-bond donors (Lipinski definition) is 0. The predicted molar refractivity (Wildman–Crippen MR) is 64.8 cm³/mol. The van der Waals surface area contributed by atoms with E-state index in [1.165, 1.54) is 9.13 Å². The van der Waals surface area contributed by atoms with E-state index in [9.17, 15) is 9.59 Å². The zero-order valence-corrected chi connectivity index (χ0v) is 10.7. The van der Waals surface area contributed by atoms with Crippen LogP contribution < -0.4 is 16.0 Å².